The van der Waals surface area contributed by atoms with Crippen molar-refractivity contribution in [2.75, 3.05) is 33.0 Å². The van der Waals surface area contributed by atoms with Crippen LogP contribution in [0.4, 0.5) is 10.3 Å². The monoisotopic (exact) mass is 469 g/mol. The van der Waals surface area contributed by atoms with Crippen molar-refractivity contribution in [3.05, 3.63) is 23.8 Å². The number of halogens is 1. The molecule has 1 saturated heterocycles. The van der Waals surface area contributed by atoms with Gasteiger partial charge in [-0.25, -0.2) is 14.4 Å². The smallest absolute Gasteiger partial charge is 0.235 e. The Balaban J connectivity index is 1.20. The zero-order chi connectivity index (χ0) is 24.0. The van der Waals surface area contributed by atoms with Crippen LogP contribution in [0.1, 0.15) is 37.9 Å². The van der Waals surface area contributed by atoms with E-state index in [-0.39, 0.29) is 23.5 Å². The molecule has 2 aliphatic rings. The second kappa shape index (κ2) is 8.69. The third kappa shape index (κ3) is 3.99. The van der Waals surface area contributed by atoms with Gasteiger partial charge in [-0.15, -0.1) is 5.10 Å². The molecule has 3 aromatic rings. The lowest BCUT2D eigenvalue weighted by molar-refractivity contribution is -0.142. The molecule has 1 unspecified atom stereocenters. The van der Waals surface area contributed by atoms with E-state index in [0.29, 0.717) is 54.3 Å². The number of hydrogen-bond donors (Lipinski definition) is 1. The van der Waals surface area contributed by atoms with Gasteiger partial charge < -0.3 is 20.3 Å². The fourth-order valence-corrected chi connectivity index (χ4v) is 4.62. The standard InChI is InChI=1S/C23H28FN7O3/c1-29(21(32)14-8-10-30(22(14)33)13-6-7-13)9-4-3-5-19-27-20-15-11-16(24)18(34-2)12-17(15)26-23(25)31(20)28-19/h11-14H,3-10H2,1-2H3,(H2,25,26). The Morgan fingerprint density at radius 3 is 2.79 bits per heavy atom. The van der Waals surface area contributed by atoms with Crippen molar-refractivity contribution in [2.24, 2.45) is 5.92 Å². The first-order chi connectivity index (χ1) is 16.4. The molecule has 1 atom stereocenters. The van der Waals surface area contributed by atoms with Crippen LogP contribution in [0, 0.1) is 11.7 Å². The molecule has 0 bridgehead atoms. The number of carbonyl (C=O) groups excluding carboxylic acids is 2. The molecule has 2 fully saturated rings. The van der Waals surface area contributed by atoms with Gasteiger partial charge in [0.2, 0.25) is 17.8 Å². The quantitative estimate of drug-likeness (QED) is 0.395. The Morgan fingerprint density at radius 1 is 1.26 bits per heavy atom. The summed E-state index contributed by atoms with van der Waals surface area (Å²) in [5.74, 6) is -0.349. The van der Waals surface area contributed by atoms with Crippen molar-refractivity contribution in [1.29, 1.82) is 0 Å². The van der Waals surface area contributed by atoms with E-state index in [2.05, 4.69) is 15.1 Å². The third-order valence-electron chi connectivity index (χ3n) is 6.66. The number of rotatable bonds is 8. The maximum Gasteiger partial charge on any atom is 0.235 e. The molecule has 5 rings (SSSR count). The van der Waals surface area contributed by atoms with Crippen molar-refractivity contribution in [1.82, 2.24) is 29.4 Å². The summed E-state index contributed by atoms with van der Waals surface area (Å²) in [6, 6.07) is 3.17. The molecule has 1 saturated carbocycles. The minimum absolute atomic E-state index is 0.0132. The second-order valence-corrected chi connectivity index (χ2v) is 9.06. The summed E-state index contributed by atoms with van der Waals surface area (Å²) >= 11 is 0. The van der Waals surface area contributed by atoms with E-state index >= 15 is 0 Å². The number of nitrogens with zero attached hydrogens (tertiary/aromatic N) is 6. The molecule has 34 heavy (non-hydrogen) atoms. The van der Waals surface area contributed by atoms with Crippen LogP contribution in [-0.2, 0) is 16.0 Å². The van der Waals surface area contributed by atoms with E-state index in [1.807, 2.05) is 4.90 Å². The van der Waals surface area contributed by atoms with Crippen molar-refractivity contribution in [3.8, 4) is 5.75 Å². The summed E-state index contributed by atoms with van der Waals surface area (Å²) in [7, 11) is 3.14. The van der Waals surface area contributed by atoms with E-state index in [1.54, 1.807) is 11.9 Å². The molecule has 0 spiro atoms. The number of likely N-dealkylation sites (tertiary alicyclic amines) is 1. The van der Waals surface area contributed by atoms with Crippen LogP contribution in [0.2, 0.25) is 0 Å². The van der Waals surface area contributed by atoms with Gasteiger partial charge in [0.25, 0.3) is 0 Å². The van der Waals surface area contributed by atoms with Gasteiger partial charge in [-0.05, 0) is 38.2 Å². The number of benzene rings is 1. The van der Waals surface area contributed by atoms with Crippen LogP contribution in [0.3, 0.4) is 0 Å². The molecular weight excluding hydrogens is 441 g/mol. The van der Waals surface area contributed by atoms with Crippen LogP contribution >= 0.6 is 0 Å². The minimum Gasteiger partial charge on any atom is -0.494 e. The number of aryl methyl sites for hydroxylation is 1. The number of unbranched alkanes of at least 4 members (excludes halogenated alkanes) is 1. The summed E-state index contributed by atoms with van der Waals surface area (Å²) in [4.78, 5) is 37.6. The first-order valence-electron chi connectivity index (χ1n) is 11.6. The number of methoxy groups -OCH3 is 1. The van der Waals surface area contributed by atoms with Gasteiger partial charge in [0, 0.05) is 44.1 Å². The molecule has 1 aromatic carbocycles. The van der Waals surface area contributed by atoms with Gasteiger partial charge in [0.1, 0.15) is 5.92 Å². The highest BCUT2D eigenvalue weighted by Crippen LogP contribution is 2.33. The van der Waals surface area contributed by atoms with Gasteiger partial charge in [-0.3, -0.25) is 9.59 Å². The molecule has 3 heterocycles. The highest BCUT2D eigenvalue weighted by Gasteiger charge is 2.44. The Hall–Kier alpha value is -3.50. The highest BCUT2D eigenvalue weighted by molar-refractivity contribution is 6.01. The lowest BCUT2D eigenvalue weighted by Gasteiger charge is -2.21. The van der Waals surface area contributed by atoms with Gasteiger partial charge in [0.05, 0.1) is 12.6 Å². The fourth-order valence-electron chi connectivity index (χ4n) is 4.62. The fraction of sp³-hybridized carbons (Fsp3) is 0.522. The molecule has 2 N–H and O–H groups in total. The van der Waals surface area contributed by atoms with Crippen LogP contribution in [0.15, 0.2) is 12.1 Å². The Kier molecular flexibility index (Phi) is 5.70. The average Bonchev–Trinajstić information content (AvgIpc) is 3.45. The largest absolute Gasteiger partial charge is 0.494 e. The molecule has 1 aliphatic carbocycles. The van der Waals surface area contributed by atoms with E-state index in [4.69, 9.17) is 10.5 Å². The molecule has 2 aromatic heterocycles. The van der Waals surface area contributed by atoms with Crippen molar-refractivity contribution in [3.63, 3.8) is 0 Å². The van der Waals surface area contributed by atoms with Crippen molar-refractivity contribution < 1.29 is 18.7 Å². The molecule has 1 aliphatic heterocycles. The van der Waals surface area contributed by atoms with Crippen LogP contribution < -0.4 is 10.5 Å². The lowest BCUT2D eigenvalue weighted by Crippen LogP contribution is -2.39. The number of nitrogens with two attached hydrogens (primary N) is 1. The molecule has 11 heteroatoms. The molecule has 180 valence electrons. The summed E-state index contributed by atoms with van der Waals surface area (Å²) in [5, 5.41) is 4.92. The van der Waals surface area contributed by atoms with Gasteiger partial charge in [0.15, 0.2) is 23.0 Å². The normalized spacial score (nSPS) is 18.3. The number of hydrogen-bond acceptors (Lipinski definition) is 7. The first kappa shape index (κ1) is 22.3. The average molecular weight is 470 g/mol. The first-order valence-corrected chi connectivity index (χ1v) is 11.6. The number of fused-ring (bicyclic) bond motifs is 3. The Labute approximate surface area is 195 Å². The minimum atomic E-state index is -0.534. The van der Waals surface area contributed by atoms with E-state index in [1.165, 1.54) is 23.8 Å². The number of carbonyl (C=O) groups is 2. The number of anilines is 1. The molecule has 10 nitrogen and oxygen atoms in total. The van der Waals surface area contributed by atoms with Crippen LogP contribution in [0.25, 0.3) is 16.6 Å². The van der Waals surface area contributed by atoms with Gasteiger partial charge in [-0.2, -0.15) is 4.52 Å². The van der Waals surface area contributed by atoms with Crippen LogP contribution in [0.5, 0.6) is 5.75 Å². The lowest BCUT2D eigenvalue weighted by atomic mass is 10.1. The zero-order valence-electron chi connectivity index (χ0n) is 19.3. The highest BCUT2D eigenvalue weighted by atomic mass is 19.1. The van der Waals surface area contributed by atoms with E-state index in [0.717, 1.165) is 25.7 Å². The summed E-state index contributed by atoms with van der Waals surface area (Å²) in [6.45, 7) is 1.24. The Morgan fingerprint density at radius 2 is 2.06 bits per heavy atom. The van der Waals surface area contributed by atoms with Gasteiger partial charge >= 0.3 is 0 Å². The Bertz CT molecular complexity index is 1270. The molecular formula is C23H28FN7O3. The van der Waals surface area contributed by atoms with E-state index < -0.39 is 11.7 Å². The predicted molar refractivity (Wildman–Crippen MR) is 123 cm³/mol. The maximum atomic E-state index is 14.2. The van der Waals surface area contributed by atoms with Crippen molar-refractivity contribution >= 4 is 34.3 Å². The SMILES string of the molecule is COc1cc2nc(N)n3nc(CCCCN(C)C(=O)C4CCN(C5CC5)C4=O)nc3c2cc1F. The summed E-state index contributed by atoms with van der Waals surface area (Å²) in [6.07, 6.45) is 4.78. The third-order valence-corrected chi connectivity index (χ3v) is 6.66. The number of aromatic nitrogens is 4. The van der Waals surface area contributed by atoms with Gasteiger partial charge in [-0.1, -0.05) is 0 Å². The van der Waals surface area contributed by atoms with Crippen molar-refractivity contribution in [2.45, 2.75) is 44.6 Å². The number of amides is 2. The zero-order valence-corrected chi connectivity index (χ0v) is 19.3. The molecule has 2 amide bonds. The number of nitrogen functional groups attached to an aromatic ring is 1. The maximum absolute atomic E-state index is 14.2. The van der Waals surface area contributed by atoms with Crippen LogP contribution in [-0.4, -0.2) is 74.5 Å². The topological polar surface area (TPSA) is 119 Å². The number of ether oxygens (including phenoxy) is 1. The summed E-state index contributed by atoms with van der Waals surface area (Å²) < 4.78 is 20.7. The summed E-state index contributed by atoms with van der Waals surface area (Å²) in [5.41, 5.74) is 6.95. The second-order valence-electron chi connectivity index (χ2n) is 9.06. The molecule has 0 radical (unpaired) electrons. The predicted octanol–water partition coefficient (Wildman–Crippen LogP) is 1.80. The van der Waals surface area contributed by atoms with E-state index in [9.17, 15) is 14.0 Å².